The molecule has 166 valence electrons. The maximum absolute atomic E-state index is 4.47. The fourth-order valence-corrected chi connectivity index (χ4v) is 7.34. The van der Waals surface area contributed by atoms with Gasteiger partial charge in [0.2, 0.25) is 0 Å². The van der Waals surface area contributed by atoms with Gasteiger partial charge in [-0.2, -0.15) is 0 Å². The molecular formula is C29H33ClN2. The van der Waals surface area contributed by atoms with Gasteiger partial charge in [-0.05, 0) is 104 Å². The van der Waals surface area contributed by atoms with Crippen molar-refractivity contribution in [3.8, 4) is 0 Å². The monoisotopic (exact) mass is 444 g/mol. The molecule has 1 saturated carbocycles. The van der Waals surface area contributed by atoms with E-state index in [1.54, 1.807) is 11.3 Å². The van der Waals surface area contributed by atoms with Crippen molar-refractivity contribution in [1.82, 2.24) is 9.55 Å². The Kier molecular flexibility index (Phi) is 4.63. The predicted octanol–water partition coefficient (Wildman–Crippen LogP) is 7.90. The molecule has 6 aliphatic rings. The van der Waals surface area contributed by atoms with E-state index in [1.165, 1.54) is 79.1 Å². The third-order valence-corrected chi connectivity index (χ3v) is 9.23. The maximum Gasteiger partial charge on any atom is 0.0567 e. The summed E-state index contributed by atoms with van der Waals surface area (Å²) in [5.74, 6) is 0.817. The van der Waals surface area contributed by atoms with E-state index >= 15 is 0 Å². The zero-order valence-electron chi connectivity index (χ0n) is 19.1. The fraction of sp³-hybridized carbons (Fsp3) is 0.483. The summed E-state index contributed by atoms with van der Waals surface area (Å²) in [5.41, 5.74) is 9.88. The van der Waals surface area contributed by atoms with Gasteiger partial charge in [-0.3, -0.25) is 4.98 Å². The van der Waals surface area contributed by atoms with E-state index in [1.807, 2.05) is 6.20 Å². The molecule has 2 aromatic heterocycles. The van der Waals surface area contributed by atoms with Crippen LogP contribution in [-0.4, -0.2) is 9.55 Å². The molecule has 0 aromatic carbocycles. The van der Waals surface area contributed by atoms with Gasteiger partial charge in [-0.25, -0.2) is 0 Å². The quantitative estimate of drug-likeness (QED) is 0.430. The molecule has 2 aromatic rings. The van der Waals surface area contributed by atoms with E-state index in [0.717, 1.165) is 18.8 Å². The third-order valence-electron chi connectivity index (χ3n) is 9.23. The Morgan fingerprint density at radius 2 is 1.97 bits per heavy atom. The lowest BCUT2D eigenvalue weighted by atomic mass is 9.56. The van der Waals surface area contributed by atoms with Crippen molar-refractivity contribution >= 4 is 34.6 Å². The second kappa shape index (κ2) is 7.22. The van der Waals surface area contributed by atoms with Gasteiger partial charge in [-0.15, -0.1) is 12.4 Å². The summed E-state index contributed by atoms with van der Waals surface area (Å²) in [5, 5.41) is 1.36. The average molecular weight is 445 g/mol. The second-order valence-corrected chi connectivity index (χ2v) is 11.2. The van der Waals surface area contributed by atoms with Gasteiger partial charge in [0, 0.05) is 23.5 Å². The van der Waals surface area contributed by atoms with Crippen molar-refractivity contribution in [1.29, 1.82) is 0 Å². The Labute approximate surface area is 197 Å². The number of hydrogen-bond acceptors (Lipinski definition) is 1. The largest absolute Gasteiger partial charge is 0.312 e. The summed E-state index contributed by atoms with van der Waals surface area (Å²) in [6, 6.07) is 2.23. The standard InChI is InChI=1S/C29H32N2.ClH/c1-28-10-13-29(14-11-28,15-12-28)18-20-5-8-25-22(17-20)7-6-21-3-2-4-23-24-19-30-16-9-26(24)31(25)27(21)23;/h3,6-7,9-10,13,16,19-20H,2,4-5,8,11-12,14-15,17-18H2,1H3;1H. The van der Waals surface area contributed by atoms with Gasteiger partial charge in [0.05, 0.1) is 11.2 Å². The van der Waals surface area contributed by atoms with Crippen molar-refractivity contribution in [3.63, 3.8) is 0 Å². The number of rotatable bonds is 2. The molecule has 0 saturated heterocycles. The van der Waals surface area contributed by atoms with Crippen molar-refractivity contribution in [2.24, 2.45) is 16.7 Å². The molecule has 1 unspecified atom stereocenters. The topological polar surface area (TPSA) is 17.8 Å². The first kappa shape index (κ1) is 20.5. The highest BCUT2D eigenvalue weighted by Gasteiger charge is 2.43. The number of fused-ring (bicyclic) bond motifs is 6. The van der Waals surface area contributed by atoms with E-state index in [9.17, 15) is 0 Å². The summed E-state index contributed by atoms with van der Waals surface area (Å²) in [4.78, 5) is 4.47. The van der Waals surface area contributed by atoms with Crippen molar-refractivity contribution in [2.45, 2.75) is 71.1 Å². The minimum Gasteiger partial charge on any atom is -0.312 e. The van der Waals surface area contributed by atoms with Gasteiger partial charge < -0.3 is 4.57 Å². The Hall–Kier alpha value is -2.06. The first-order valence-electron chi connectivity index (χ1n) is 12.4. The van der Waals surface area contributed by atoms with E-state index in [4.69, 9.17) is 0 Å². The minimum absolute atomic E-state index is 0. The van der Waals surface area contributed by atoms with Crippen LogP contribution in [-0.2, 0) is 6.42 Å². The highest BCUT2D eigenvalue weighted by atomic mass is 35.5. The first-order valence-corrected chi connectivity index (χ1v) is 12.4. The summed E-state index contributed by atoms with van der Waals surface area (Å²) >= 11 is 0. The number of hydrogen-bond donors (Lipinski definition) is 0. The third kappa shape index (κ3) is 2.95. The van der Waals surface area contributed by atoms with Gasteiger partial charge in [0.25, 0.3) is 0 Å². The molecule has 0 amide bonds. The van der Waals surface area contributed by atoms with Crippen molar-refractivity contribution in [3.05, 3.63) is 65.7 Å². The number of halogens is 1. The number of nitrogens with zero attached hydrogens (tertiary/aromatic N) is 2. The Bertz CT molecular complexity index is 1210. The normalized spacial score (nSPS) is 32.3. The smallest absolute Gasteiger partial charge is 0.0567 e. The summed E-state index contributed by atoms with van der Waals surface area (Å²) in [6.07, 6.45) is 29.6. The zero-order valence-corrected chi connectivity index (χ0v) is 19.9. The average Bonchev–Trinajstić information content (AvgIpc) is 3.04. The molecule has 2 bridgehead atoms. The van der Waals surface area contributed by atoms with Crippen LogP contribution < -0.4 is 0 Å². The van der Waals surface area contributed by atoms with Crippen LogP contribution in [0.4, 0.5) is 0 Å². The van der Waals surface area contributed by atoms with Crippen LogP contribution in [0.1, 0.15) is 76.0 Å². The van der Waals surface area contributed by atoms with Crippen LogP contribution in [0.25, 0.3) is 22.2 Å². The van der Waals surface area contributed by atoms with Gasteiger partial charge in [0.15, 0.2) is 0 Å². The molecule has 3 heterocycles. The summed E-state index contributed by atoms with van der Waals surface area (Å²) in [7, 11) is 0. The Balaban J connectivity index is 0.00000196. The van der Waals surface area contributed by atoms with E-state index in [2.05, 4.69) is 59.1 Å². The molecular weight excluding hydrogens is 412 g/mol. The Morgan fingerprint density at radius 1 is 1.09 bits per heavy atom. The van der Waals surface area contributed by atoms with Crippen molar-refractivity contribution in [2.75, 3.05) is 0 Å². The molecule has 1 aliphatic heterocycles. The zero-order chi connectivity index (χ0) is 20.6. The molecule has 32 heavy (non-hydrogen) atoms. The Morgan fingerprint density at radius 3 is 2.78 bits per heavy atom. The number of allylic oxidation sites excluding steroid dienone is 8. The van der Waals surface area contributed by atoms with E-state index < -0.39 is 0 Å². The van der Waals surface area contributed by atoms with Crippen LogP contribution in [0.2, 0.25) is 0 Å². The summed E-state index contributed by atoms with van der Waals surface area (Å²) in [6.45, 7) is 2.46. The molecule has 0 N–H and O–H groups in total. The van der Waals surface area contributed by atoms with Crippen LogP contribution >= 0.6 is 12.4 Å². The fourth-order valence-electron chi connectivity index (χ4n) is 7.34. The van der Waals surface area contributed by atoms with E-state index in [0.29, 0.717) is 10.8 Å². The highest BCUT2D eigenvalue weighted by Crippen LogP contribution is 2.56. The lowest BCUT2D eigenvalue weighted by Gasteiger charge is -2.49. The summed E-state index contributed by atoms with van der Waals surface area (Å²) < 4.78 is 2.62. The van der Waals surface area contributed by atoms with Gasteiger partial charge in [0.1, 0.15) is 0 Å². The molecule has 0 radical (unpaired) electrons. The molecule has 2 nitrogen and oxygen atoms in total. The number of pyridine rings is 1. The molecule has 0 spiro atoms. The van der Waals surface area contributed by atoms with Crippen LogP contribution in [0.3, 0.4) is 0 Å². The molecule has 5 aliphatic carbocycles. The predicted molar refractivity (Wildman–Crippen MR) is 136 cm³/mol. The maximum atomic E-state index is 4.47. The van der Waals surface area contributed by atoms with Crippen LogP contribution in [0, 0.1) is 16.7 Å². The molecule has 1 atom stereocenters. The SMILES string of the molecule is CC12C=CC(CC3CCC4=C(C=CC5=CCCc6c5n4c4ccncc64)C3)(CC1)CC2.Cl. The molecule has 3 heteroatoms. The lowest BCUT2D eigenvalue weighted by Crippen LogP contribution is -2.37. The van der Waals surface area contributed by atoms with Crippen LogP contribution in [0.5, 0.6) is 0 Å². The first-order chi connectivity index (χ1) is 15.1. The van der Waals surface area contributed by atoms with Crippen LogP contribution in [0.15, 0.2) is 54.4 Å². The number of aromatic nitrogens is 2. The highest BCUT2D eigenvalue weighted by molar-refractivity contribution is 5.96. The van der Waals surface area contributed by atoms with Gasteiger partial charge >= 0.3 is 0 Å². The minimum atomic E-state index is 0. The lowest BCUT2D eigenvalue weighted by molar-refractivity contribution is 0.107. The van der Waals surface area contributed by atoms with Gasteiger partial charge in [-0.1, -0.05) is 37.3 Å². The van der Waals surface area contributed by atoms with Crippen molar-refractivity contribution < 1.29 is 0 Å². The second-order valence-electron chi connectivity index (χ2n) is 11.2. The molecule has 1 fully saturated rings. The number of aryl methyl sites for hydroxylation is 1. The van der Waals surface area contributed by atoms with E-state index in [-0.39, 0.29) is 12.4 Å². The molecule has 8 rings (SSSR count).